The summed E-state index contributed by atoms with van der Waals surface area (Å²) < 4.78 is 5.54. The van der Waals surface area contributed by atoms with Gasteiger partial charge in [-0.05, 0) is 50.8 Å². The van der Waals surface area contributed by atoms with Crippen LogP contribution in [-0.2, 0) is 19.1 Å². The summed E-state index contributed by atoms with van der Waals surface area (Å²) in [4.78, 5) is 39.6. The van der Waals surface area contributed by atoms with Crippen LogP contribution >= 0.6 is 0 Å². The van der Waals surface area contributed by atoms with Crippen LogP contribution in [0, 0.1) is 6.92 Å². The van der Waals surface area contributed by atoms with Crippen molar-refractivity contribution in [2.24, 2.45) is 0 Å². The molecular weight excluding hydrogens is 318 g/mol. The van der Waals surface area contributed by atoms with Crippen LogP contribution in [0.25, 0.3) is 6.08 Å². The molecular formula is C20H19NO4. The number of hydrogen-bond acceptors (Lipinski definition) is 4. The average molecular weight is 337 g/mol. The zero-order chi connectivity index (χ0) is 17.9. The molecule has 2 amide bonds. The Labute approximate surface area is 146 Å². The number of aryl methyl sites for hydroxylation is 1. The van der Waals surface area contributed by atoms with Crippen LogP contribution in [0.15, 0.2) is 41.0 Å². The first kappa shape index (κ1) is 15.8. The van der Waals surface area contributed by atoms with Gasteiger partial charge < -0.3 is 4.74 Å². The van der Waals surface area contributed by atoms with Crippen molar-refractivity contribution < 1.29 is 19.1 Å². The predicted molar refractivity (Wildman–Crippen MR) is 91.2 cm³/mol. The van der Waals surface area contributed by atoms with Crippen LogP contribution in [0.2, 0.25) is 0 Å². The standard InChI is InChI=1S/C20H19NO4/c1-11-4-6-14(7-5-11)10-16-17(22)21(15-8-9-15)19(24)20(16)13(3)12(2)18(23)25-20/h4-7,10,15H,8-9H2,1-3H3/b16-10-. The maximum absolute atomic E-state index is 13.1. The Balaban J connectivity index is 1.90. The number of ether oxygens (including phenoxy) is 1. The van der Waals surface area contributed by atoms with Crippen LogP contribution in [0.4, 0.5) is 0 Å². The van der Waals surface area contributed by atoms with Gasteiger partial charge in [-0.15, -0.1) is 0 Å². The third-order valence-corrected chi connectivity index (χ3v) is 5.29. The topological polar surface area (TPSA) is 63.7 Å². The molecule has 2 aliphatic heterocycles. The van der Waals surface area contributed by atoms with E-state index in [2.05, 4.69) is 0 Å². The first-order valence-electron chi connectivity index (χ1n) is 8.44. The van der Waals surface area contributed by atoms with E-state index in [1.807, 2.05) is 31.2 Å². The Kier molecular flexibility index (Phi) is 3.26. The predicted octanol–water partition coefficient (Wildman–Crippen LogP) is 2.54. The third kappa shape index (κ3) is 2.11. The van der Waals surface area contributed by atoms with Crippen molar-refractivity contribution >= 4 is 23.9 Å². The molecule has 0 aromatic heterocycles. The number of carbonyl (C=O) groups is 3. The van der Waals surface area contributed by atoms with Crippen LogP contribution in [0.1, 0.15) is 37.8 Å². The van der Waals surface area contributed by atoms with E-state index in [1.165, 1.54) is 4.90 Å². The maximum Gasteiger partial charge on any atom is 0.335 e. The number of benzene rings is 1. The molecule has 5 nitrogen and oxygen atoms in total. The average Bonchev–Trinajstić information content (AvgIpc) is 3.36. The van der Waals surface area contributed by atoms with Crippen molar-refractivity contribution in [3.8, 4) is 0 Å². The van der Waals surface area contributed by atoms with Gasteiger partial charge in [0.15, 0.2) is 0 Å². The van der Waals surface area contributed by atoms with E-state index < -0.39 is 17.5 Å². The Bertz CT molecular complexity index is 873. The molecule has 1 aliphatic carbocycles. The number of likely N-dealkylation sites (tertiary alicyclic amines) is 1. The second-order valence-corrected chi connectivity index (χ2v) is 7.00. The largest absolute Gasteiger partial charge is 0.436 e. The van der Waals surface area contributed by atoms with Gasteiger partial charge in [-0.2, -0.15) is 0 Å². The molecule has 2 heterocycles. The lowest BCUT2D eigenvalue weighted by Crippen LogP contribution is -2.43. The van der Waals surface area contributed by atoms with Crippen molar-refractivity contribution in [3.63, 3.8) is 0 Å². The molecule has 1 unspecified atom stereocenters. The molecule has 2 fully saturated rings. The maximum atomic E-state index is 13.1. The summed E-state index contributed by atoms with van der Waals surface area (Å²) in [5.74, 6) is -1.32. The van der Waals surface area contributed by atoms with Gasteiger partial charge in [-0.3, -0.25) is 14.5 Å². The summed E-state index contributed by atoms with van der Waals surface area (Å²) in [6.07, 6.45) is 3.29. The van der Waals surface area contributed by atoms with Crippen molar-refractivity contribution in [3.05, 3.63) is 52.1 Å². The van der Waals surface area contributed by atoms with E-state index in [4.69, 9.17) is 4.74 Å². The molecule has 3 aliphatic rings. The Morgan fingerprint density at radius 3 is 2.24 bits per heavy atom. The first-order valence-corrected chi connectivity index (χ1v) is 8.44. The highest BCUT2D eigenvalue weighted by molar-refractivity contribution is 6.25. The number of amides is 2. The number of carbonyl (C=O) groups excluding carboxylic acids is 3. The second kappa shape index (κ2) is 5.15. The molecule has 4 rings (SSSR count). The normalized spacial score (nSPS) is 27.9. The van der Waals surface area contributed by atoms with Crippen molar-refractivity contribution in [2.45, 2.75) is 45.3 Å². The quantitative estimate of drug-likeness (QED) is 0.473. The first-order chi connectivity index (χ1) is 11.9. The highest BCUT2D eigenvalue weighted by Crippen LogP contribution is 2.48. The van der Waals surface area contributed by atoms with Crippen molar-refractivity contribution in [1.29, 1.82) is 0 Å². The van der Waals surface area contributed by atoms with Gasteiger partial charge in [-0.25, -0.2) is 4.79 Å². The SMILES string of the molecule is CC1=C(C)C2(OC1=O)C(=O)N(C1CC1)C(=O)/C2=C/c1ccc(C)cc1. The van der Waals surface area contributed by atoms with Crippen LogP contribution in [0.5, 0.6) is 0 Å². The fraction of sp³-hybridized carbons (Fsp3) is 0.350. The zero-order valence-corrected chi connectivity index (χ0v) is 14.5. The zero-order valence-electron chi connectivity index (χ0n) is 14.5. The molecule has 1 atom stereocenters. The monoisotopic (exact) mass is 337 g/mol. The molecule has 128 valence electrons. The van der Waals surface area contributed by atoms with Crippen LogP contribution in [0.3, 0.4) is 0 Å². The van der Waals surface area contributed by atoms with Crippen LogP contribution in [-0.4, -0.2) is 34.3 Å². The summed E-state index contributed by atoms with van der Waals surface area (Å²) in [6.45, 7) is 5.31. The molecule has 1 saturated carbocycles. The van der Waals surface area contributed by atoms with Crippen molar-refractivity contribution in [1.82, 2.24) is 4.90 Å². The number of nitrogens with zero attached hydrogens (tertiary/aromatic N) is 1. The summed E-state index contributed by atoms with van der Waals surface area (Å²) in [7, 11) is 0. The molecule has 0 radical (unpaired) electrons. The minimum atomic E-state index is -1.59. The Morgan fingerprint density at radius 1 is 1.08 bits per heavy atom. The van der Waals surface area contributed by atoms with E-state index in [0.717, 1.165) is 24.0 Å². The highest BCUT2D eigenvalue weighted by Gasteiger charge is 2.65. The fourth-order valence-corrected chi connectivity index (χ4v) is 3.48. The second-order valence-electron chi connectivity index (χ2n) is 7.00. The van der Waals surface area contributed by atoms with Crippen molar-refractivity contribution in [2.75, 3.05) is 0 Å². The molecule has 1 spiro atoms. The minimum Gasteiger partial charge on any atom is -0.436 e. The number of imide groups is 1. The summed E-state index contributed by atoms with van der Waals surface area (Å²) in [5.41, 5.74) is 1.45. The van der Waals surface area contributed by atoms with E-state index in [-0.39, 0.29) is 17.5 Å². The molecule has 5 heteroatoms. The number of esters is 1. The molecule has 1 saturated heterocycles. The summed E-state index contributed by atoms with van der Waals surface area (Å²) in [6, 6.07) is 7.57. The van der Waals surface area contributed by atoms with Gasteiger partial charge in [-0.1, -0.05) is 29.8 Å². The van der Waals surface area contributed by atoms with Gasteiger partial charge in [0.1, 0.15) is 0 Å². The summed E-state index contributed by atoms with van der Waals surface area (Å²) >= 11 is 0. The van der Waals surface area contributed by atoms with Gasteiger partial charge >= 0.3 is 5.97 Å². The lowest BCUT2D eigenvalue weighted by Gasteiger charge is -2.23. The number of hydrogen-bond donors (Lipinski definition) is 0. The third-order valence-electron chi connectivity index (χ3n) is 5.29. The molecule has 0 bridgehead atoms. The van der Waals surface area contributed by atoms with E-state index in [9.17, 15) is 14.4 Å². The minimum absolute atomic E-state index is 0.0757. The molecule has 1 aromatic rings. The van der Waals surface area contributed by atoms with E-state index >= 15 is 0 Å². The highest BCUT2D eigenvalue weighted by atomic mass is 16.6. The molecule has 25 heavy (non-hydrogen) atoms. The Morgan fingerprint density at radius 2 is 1.72 bits per heavy atom. The van der Waals surface area contributed by atoms with E-state index in [1.54, 1.807) is 19.9 Å². The Hall–Kier alpha value is -2.69. The fourth-order valence-electron chi connectivity index (χ4n) is 3.48. The number of rotatable bonds is 2. The summed E-state index contributed by atoms with van der Waals surface area (Å²) in [5, 5.41) is 0. The van der Waals surface area contributed by atoms with Gasteiger partial charge in [0.05, 0.1) is 5.57 Å². The van der Waals surface area contributed by atoms with Crippen LogP contribution < -0.4 is 0 Å². The van der Waals surface area contributed by atoms with E-state index in [0.29, 0.717) is 11.1 Å². The molecule has 0 N–H and O–H groups in total. The smallest absolute Gasteiger partial charge is 0.335 e. The lowest BCUT2D eigenvalue weighted by atomic mass is 9.86. The van der Waals surface area contributed by atoms with Gasteiger partial charge in [0, 0.05) is 11.6 Å². The van der Waals surface area contributed by atoms with Gasteiger partial charge in [0.25, 0.3) is 11.8 Å². The van der Waals surface area contributed by atoms with Gasteiger partial charge in [0.2, 0.25) is 5.60 Å². The molecule has 1 aromatic carbocycles. The lowest BCUT2D eigenvalue weighted by molar-refractivity contribution is -0.156.